The zero-order chi connectivity index (χ0) is 13.2. The minimum absolute atomic E-state index is 0.189. The molecule has 0 aliphatic rings. The lowest BCUT2D eigenvalue weighted by molar-refractivity contribution is 0.0892. The molecule has 3 nitrogen and oxygen atoms in total. The van der Waals surface area contributed by atoms with Gasteiger partial charge in [-0.2, -0.15) is 0 Å². The van der Waals surface area contributed by atoms with Crippen LogP contribution < -0.4 is 5.32 Å². The van der Waals surface area contributed by atoms with Crippen molar-refractivity contribution in [3.05, 3.63) is 48.4 Å². The van der Waals surface area contributed by atoms with Crippen LogP contribution in [0.3, 0.4) is 0 Å². The topological polar surface area (TPSA) is 42.2 Å². The van der Waals surface area contributed by atoms with Gasteiger partial charge in [-0.05, 0) is 32.4 Å². The van der Waals surface area contributed by atoms with Crippen molar-refractivity contribution in [2.75, 3.05) is 0 Å². The number of nitrogens with one attached hydrogen (secondary N) is 1. The van der Waals surface area contributed by atoms with E-state index >= 15 is 0 Å². The van der Waals surface area contributed by atoms with Gasteiger partial charge in [-0.15, -0.1) is 0 Å². The summed E-state index contributed by atoms with van der Waals surface area (Å²) in [5.41, 5.74) is 1.51. The van der Waals surface area contributed by atoms with Gasteiger partial charge >= 0.3 is 0 Å². The van der Waals surface area contributed by atoms with Gasteiger partial charge < -0.3 is 9.73 Å². The number of benzene rings is 1. The van der Waals surface area contributed by atoms with Gasteiger partial charge in [0, 0.05) is 11.1 Å². The fourth-order valence-corrected chi connectivity index (χ4v) is 1.73. The van der Waals surface area contributed by atoms with Crippen molar-refractivity contribution < 1.29 is 9.21 Å². The first-order valence-electron chi connectivity index (χ1n) is 5.93. The minimum atomic E-state index is -0.280. The zero-order valence-electron chi connectivity index (χ0n) is 10.9. The molecule has 0 aliphatic heterocycles. The first-order valence-corrected chi connectivity index (χ1v) is 5.93. The molecule has 1 aromatic carbocycles. The SMILES string of the molecule is CC(C)(C)NC(=O)c1occc1-c1ccccc1. The smallest absolute Gasteiger partial charge is 0.288 e. The van der Waals surface area contributed by atoms with Crippen LogP contribution in [0.15, 0.2) is 47.1 Å². The van der Waals surface area contributed by atoms with E-state index in [1.54, 1.807) is 6.26 Å². The second kappa shape index (κ2) is 4.69. The first-order chi connectivity index (χ1) is 8.47. The van der Waals surface area contributed by atoms with Gasteiger partial charge in [0.25, 0.3) is 5.91 Å². The van der Waals surface area contributed by atoms with E-state index in [1.165, 1.54) is 0 Å². The second-order valence-electron chi connectivity index (χ2n) is 5.23. The molecule has 0 radical (unpaired) electrons. The highest BCUT2D eigenvalue weighted by Crippen LogP contribution is 2.24. The van der Waals surface area contributed by atoms with Crippen LogP contribution in [0, 0.1) is 0 Å². The van der Waals surface area contributed by atoms with Crippen LogP contribution >= 0.6 is 0 Å². The van der Waals surface area contributed by atoms with E-state index < -0.39 is 0 Å². The van der Waals surface area contributed by atoms with E-state index in [0.717, 1.165) is 11.1 Å². The molecule has 0 atom stereocenters. The van der Waals surface area contributed by atoms with Crippen molar-refractivity contribution in [3.8, 4) is 11.1 Å². The summed E-state index contributed by atoms with van der Waals surface area (Å²) in [5, 5.41) is 2.90. The first kappa shape index (κ1) is 12.4. The van der Waals surface area contributed by atoms with Crippen LogP contribution in [0.2, 0.25) is 0 Å². The molecule has 1 aromatic heterocycles. The summed E-state index contributed by atoms with van der Waals surface area (Å²) in [7, 11) is 0. The van der Waals surface area contributed by atoms with Gasteiger partial charge in [0.15, 0.2) is 5.76 Å². The molecule has 0 bridgehead atoms. The Morgan fingerprint density at radius 3 is 2.39 bits per heavy atom. The standard InChI is InChI=1S/C15H17NO2/c1-15(2,3)16-14(17)13-12(9-10-18-13)11-7-5-4-6-8-11/h4-10H,1-3H3,(H,16,17). The van der Waals surface area contributed by atoms with Gasteiger partial charge in [0.05, 0.1) is 6.26 Å². The maximum atomic E-state index is 12.1. The predicted octanol–water partition coefficient (Wildman–Crippen LogP) is 3.47. The molecule has 0 saturated heterocycles. The van der Waals surface area contributed by atoms with Gasteiger partial charge in [0.2, 0.25) is 0 Å². The summed E-state index contributed by atoms with van der Waals surface area (Å²) in [6.45, 7) is 5.82. The Hall–Kier alpha value is -2.03. The Balaban J connectivity index is 2.32. The summed E-state index contributed by atoms with van der Waals surface area (Å²) in [4.78, 5) is 12.1. The highest BCUT2D eigenvalue weighted by molar-refractivity contribution is 5.98. The normalized spacial score (nSPS) is 11.3. The van der Waals surface area contributed by atoms with E-state index in [-0.39, 0.29) is 11.4 Å². The summed E-state index contributed by atoms with van der Waals surface area (Å²) < 4.78 is 5.31. The number of furan rings is 1. The minimum Gasteiger partial charge on any atom is -0.459 e. The maximum absolute atomic E-state index is 12.1. The van der Waals surface area contributed by atoms with Crippen LogP contribution in [-0.2, 0) is 0 Å². The Labute approximate surface area is 107 Å². The molecule has 1 N–H and O–H groups in total. The summed E-state index contributed by atoms with van der Waals surface area (Å²) >= 11 is 0. The van der Waals surface area contributed by atoms with Crippen molar-refractivity contribution >= 4 is 5.91 Å². The molecule has 94 valence electrons. The zero-order valence-corrected chi connectivity index (χ0v) is 10.9. The number of rotatable bonds is 2. The van der Waals surface area contributed by atoms with Gasteiger partial charge in [-0.1, -0.05) is 30.3 Å². The van der Waals surface area contributed by atoms with Crippen LogP contribution in [0.4, 0.5) is 0 Å². The number of carbonyl (C=O) groups excluding carboxylic acids is 1. The molecule has 0 aliphatic carbocycles. The highest BCUT2D eigenvalue weighted by Gasteiger charge is 2.21. The third kappa shape index (κ3) is 2.80. The Bertz CT molecular complexity index is 535. The largest absolute Gasteiger partial charge is 0.459 e. The summed E-state index contributed by atoms with van der Waals surface area (Å²) in [6, 6.07) is 11.5. The predicted molar refractivity (Wildman–Crippen MR) is 71.4 cm³/mol. The van der Waals surface area contributed by atoms with Gasteiger partial charge in [0.1, 0.15) is 0 Å². The van der Waals surface area contributed by atoms with Crippen molar-refractivity contribution in [1.82, 2.24) is 5.32 Å². The molecule has 0 unspecified atom stereocenters. The highest BCUT2D eigenvalue weighted by atomic mass is 16.3. The summed E-state index contributed by atoms with van der Waals surface area (Å²) in [6.07, 6.45) is 1.54. The lowest BCUT2D eigenvalue weighted by Crippen LogP contribution is -2.40. The number of carbonyl (C=O) groups is 1. The molecular weight excluding hydrogens is 226 g/mol. The average molecular weight is 243 g/mol. The number of amides is 1. The third-order valence-corrected chi connectivity index (χ3v) is 2.44. The van der Waals surface area contributed by atoms with Crippen LogP contribution in [0.5, 0.6) is 0 Å². The van der Waals surface area contributed by atoms with Crippen LogP contribution in [-0.4, -0.2) is 11.4 Å². The van der Waals surface area contributed by atoms with Gasteiger partial charge in [-0.3, -0.25) is 4.79 Å². The van der Waals surface area contributed by atoms with Crippen molar-refractivity contribution in [2.45, 2.75) is 26.3 Å². The van der Waals surface area contributed by atoms with Crippen LogP contribution in [0.25, 0.3) is 11.1 Å². The molecule has 3 heteroatoms. The Morgan fingerprint density at radius 1 is 1.11 bits per heavy atom. The third-order valence-electron chi connectivity index (χ3n) is 2.44. The lowest BCUT2D eigenvalue weighted by atomic mass is 10.0. The molecule has 2 aromatic rings. The van der Waals surface area contributed by atoms with Crippen molar-refractivity contribution in [3.63, 3.8) is 0 Å². The fourth-order valence-electron chi connectivity index (χ4n) is 1.73. The van der Waals surface area contributed by atoms with Gasteiger partial charge in [-0.25, -0.2) is 0 Å². The molecule has 1 amide bonds. The average Bonchev–Trinajstić information content (AvgIpc) is 2.76. The van der Waals surface area contributed by atoms with Crippen molar-refractivity contribution in [2.24, 2.45) is 0 Å². The molecule has 0 saturated carbocycles. The van der Waals surface area contributed by atoms with E-state index in [9.17, 15) is 4.79 Å². The van der Waals surface area contributed by atoms with Crippen molar-refractivity contribution in [1.29, 1.82) is 0 Å². The maximum Gasteiger partial charge on any atom is 0.288 e. The molecule has 18 heavy (non-hydrogen) atoms. The van der Waals surface area contributed by atoms with Crippen LogP contribution in [0.1, 0.15) is 31.3 Å². The Morgan fingerprint density at radius 2 is 1.78 bits per heavy atom. The number of hydrogen-bond acceptors (Lipinski definition) is 2. The molecular formula is C15H17NO2. The molecule has 0 spiro atoms. The summed E-state index contributed by atoms with van der Waals surface area (Å²) in [5.74, 6) is 0.169. The quantitative estimate of drug-likeness (QED) is 0.877. The fraction of sp³-hybridized carbons (Fsp3) is 0.267. The molecule has 1 heterocycles. The van der Waals surface area contributed by atoms with E-state index in [2.05, 4.69) is 5.32 Å². The number of hydrogen-bond donors (Lipinski definition) is 1. The molecule has 2 rings (SSSR count). The second-order valence-corrected chi connectivity index (χ2v) is 5.23. The van der Waals surface area contributed by atoms with E-state index in [0.29, 0.717) is 5.76 Å². The lowest BCUT2D eigenvalue weighted by Gasteiger charge is -2.19. The van der Waals surface area contributed by atoms with E-state index in [1.807, 2.05) is 57.2 Å². The monoisotopic (exact) mass is 243 g/mol. The van der Waals surface area contributed by atoms with E-state index in [4.69, 9.17) is 4.42 Å². The Kier molecular flexibility index (Phi) is 3.24. The molecule has 0 fully saturated rings.